The summed E-state index contributed by atoms with van der Waals surface area (Å²) in [5.74, 6) is -0.468. The molecule has 2 fully saturated rings. The Bertz CT molecular complexity index is 1200. The fourth-order valence-electron chi connectivity index (χ4n) is 5.31. The van der Waals surface area contributed by atoms with Gasteiger partial charge in [-0.2, -0.15) is 0 Å². The quantitative estimate of drug-likeness (QED) is 0.303. The number of allylic oxidation sites excluding steroid dienone is 1. The number of nitrogens with zero attached hydrogens (tertiary/aromatic N) is 2. The van der Waals surface area contributed by atoms with Crippen LogP contribution in [-0.2, 0) is 14.3 Å². The summed E-state index contributed by atoms with van der Waals surface area (Å²) >= 11 is 0. The van der Waals surface area contributed by atoms with Crippen LogP contribution >= 0.6 is 0 Å². The van der Waals surface area contributed by atoms with E-state index in [0.29, 0.717) is 6.42 Å². The molecule has 2 aliphatic heterocycles. The van der Waals surface area contributed by atoms with Gasteiger partial charge in [-0.05, 0) is 47.6 Å². The molecule has 2 atom stereocenters. The van der Waals surface area contributed by atoms with Gasteiger partial charge < -0.3 is 9.64 Å². The first-order valence-electron chi connectivity index (χ1n) is 11.6. The third-order valence-corrected chi connectivity index (χ3v) is 6.99. The predicted molar refractivity (Wildman–Crippen MR) is 130 cm³/mol. The van der Waals surface area contributed by atoms with E-state index in [-0.39, 0.29) is 17.9 Å². The fraction of sp³-hybridized carbons (Fsp3) is 0.276. The first kappa shape index (κ1) is 22.1. The molecule has 0 bridgehead atoms. The normalized spacial score (nSPS) is 22.2. The molecule has 34 heavy (non-hydrogen) atoms. The predicted octanol–water partition coefficient (Wildman–Crippen LogP) is 5.20. The lowest BCUT2D eigenvalue weighted by Crippen LogP contribution is -2.58. The van der Waals surface area contributed by atoms with E-state index < -0.39 is 17.6 Å². The Morgan fingerprint density at radius 2 is 1.56 bits per heavy atom. The zero-order chi connectivity index (χ0) is 23.9. The van der Waals surface area contributed by atoms with Crippen molar-refractivity contribution in [2.24, 2.45) is 5.41 Å². The van der Waals surface area contributed by atoms with E-state index in [0.717, 1.165) is 28.0 Å². The van der Waals surface area contributed by atoms with Crippen LogP contribution in [-0.4, -0.2) is 33.8 Å². The van der Waals surface area contributed by atoms with E-state index in [1.165, 1.54) is 0 Å². The molecule has 2 aliphatic rings. The van der Waals surface area contributed by atoms with Crippen LogP contribution in [0.5, 0.6) is 0 Å². The molecule has 0 spiro atoms. The summed E-state index contributed by atoms with van der Waals surface area (Å²) in [5.41, 5.74) is 3.81. The summed E-state index contributed by atoms with van der Waals surface area (Å²) in [6.45, 7) is 6.02. The largest absolute Gasteiger partial charge is 0.451 e. The molecule has 0 saturated carbocycles. The van der Waals surface area contributed by atoms with E-state index >= 15 is 0 Å². The summed E-state index contributed by atoms with van der Waals surface area (Å²) in [7, 11) is 0. The van der Waals surface area contributed by atoms with Gasteiger partial charge >= 0.3 is 5.97 Å². The molecule has 5 rings (SSSR count). The second-order valence-electron chi connectivity index (χ2n) is 9.72. The van der Waals surface area contributed by atoms with E-state index in [2.05, 4.69) is 4.98 Å². The number of hydrogen-bond donors (Lipinski definition) is 0. The number of esters is 1. The van der Waals surface area contributed by atoms with E-state index in [4.69, 9.17) is 4.74 Å². The average Bonchev–Trinajstić information content (AvgIpc) is 3.11. The molecule has 0 N–H and O–H groups in total. The third kappa shape index (κ3) is 3.71. The minimum atomic E-state index is -0.639. The highest BCUT2D eigenvalue weighted by molar-refractivity contribution is 6.10. The Hall–Kier alpha value is -3.73. The van der Waals surface area contributed by atoms with Gasteiger partial charge in [-0.1, -0.05) is 80.6 Å². The minimum absolute atomic E-state index is 0.100. The van der Waals surface area contributed by atoms with Gasteiger partial charge in [-0.25, -0.2) is 4.79 Å². The second-order valence-corrected chi connectivity index (χ2v) is 9.72. The van der Waals surface area contributed by atoms with Crippen molar-refractivity contribution in [1.29, 1.82) is 0 Å². The lowest BCUT2D eigenvalue weighted by molar-refractivity contribution is -0.162. The zero-order valence-electron chi connectivity index (χ0n) is 19.6. The standard InChI is InChI=1S/C29H28N2O3/c1-19(22-16-10-11-17-30-22)24-23-18-29(2,3)26(31(23)27(24)32)28(33)34-25(20-12-6-4-7-13-20)21-14-8-5-9-15-21/h4-17,23,25-26H,18H2,1-3H3/b24-19+/t23?,26-/m0/s1. The summed E-state index contributed by atoms with van der Waals surface area (Å²) in [4.78, 5) is 33.1. The molecule has 5 nitrogen and oxygen atoms in total. The van der Waals surface area contributed by atoms with Gasteiger partial charge in [0.15, 0.2) is 6.10 Å². The SMILES string of the molecule is C/C(=C1\C(=O)N2C1CC(C)(C)[C@@H]2C(=O)OC(c1ccccc1)c1ccccc1)c1ccccn1. The number of aromatic nitrogens is 1. The molecule has 172 valence electrons. The number of ether oxygens (including phenoxy) is 1. The number of benzene rings is 2. The number of β-lactam (4-membered cyclic amide) rings is 1. The van der Waals surface area contributed by atoms with Crippen LogP contribution in [0.1, 0.15) is 50.1 Å². The number of pyridine rings is 1. The van der Waals surface area contributed by atoms with Crippen LogP contribution in [0.4, 0.5) is 0 Å². The van der Waals surface area contributed by atoms with Crippen molar-refractivity contribution < 1.29 is 14.3 Å². The number of hydrogen-bond acceptors (Lipinski definition) is 4. The first-order chi connectivity index (χ1) is 16.4. The highest BCUT2D eigenvalue weighted by atomic mass is 16.5. The summed E-state index contributed by atoms with van der Waals surface area (Å²) in [5, 5.41) is 0. The Morgan fingerprint density at radius 1 is 0.971 bits per heavy atom. The summed E-state index contributed by atoms with van der Waals surface area (Å²) < 4.78 is 6.16. The monoisotopic (exact) mass is 452 g/mol. The Kier molecular flexibility index (Phi) is 5.56. The van der Waals surface area contributed by atoms with E-state index in [1.54, 1.807) is 11.1 Å². The van der Waals surface area contributed by atoms with Crippen LogP contribution in [0, 0.1) is 5.41 Å². The highest BCUT2D eigenvalue weighted by Gasteiger charge is 2.61. The molecule has 1 unspecified atom stereocenters. The number of carbonyl (C=O) groups excluding carboxylic acids is 2. The van der Waals surface area contributed by atoms with Crippen molar-refractivity contribution in [3.8, 4) is 0 Å². The van der Waals surface area contributed by atoms with Gasteiger partial charge in [0.1, 0.15) is 6.04 Å². The smallest absolute Gasteiger partial charge is 0.330 e. The maximum atomic E-state index is 13.7. The number of fused-ring (bicyclic) bond motifs is 1. The molecule has 3 aromatic rings. The zero-order valence-corrected chi connectivity index (χ0v) is 19.6. The third-order valence-electron chi connectivity index (χ3n) is 6.99. The maximum absolute atomic E-state index is 13.7. The van der Waals surface area contributed by atoms with Gasteiger partial charge in [0.05, 0.1) is 11.7 Å². The van der Waals surface area contributed by atoms with Crippen LogP contribution < -0.4 is 0 Å². The molecule has 0 radical (unpaired) electrons. The Labute approximate surface area is 200 Å². The summed E-state index contributed by atoms with van der Waals surface area (Å²) in [6.07, 6.45) is 1.90. The molecular formula is C29H28N2O3. The van der Waals surface area contributed by atoms with Gasteiger partial charge in [-0.3, -0.25) is 9.78 Å². The molecule has 1 aromatic heterocycles. The van der Waals surface area contributed by atoms with Crippen molar-refractivity contribution >= 4 is 17.4 Å². The van der Waals surface area contributed by atoms with Gasteiger partial charge in [0.25, 0.3) is 5.91 Å². The number of rotatable bonds is 5. The van der Waals surface area contributed by atoms with Crippen molar-refractivity contribution in [2.75, 3.05) is 0 Å². The average molecular weight is 453 g/mol. The van der Waals surface area contributed by atoms with Crippen molar-refractivity contribution in [3.05, 3.63) is 107 Å². The topological polar surface area (TPSA) is 59.5 Å². The van der Waals surface area contributed by atoms with Crippen LogP contribution in [0.25, 0.3) is 5.57 Å². The molecule has 5 heteroatoms. The van der Waals surface area contributed by atoms with Gasteiger partial charge in [-0.15, -0.1) is 0 Å². The molecule has 2 saturated heterocycles. The Balaban J connectivity index is 1.45. The maximum Gasteiger partial charge on any atom is 0.330 e. The van der Waals surface area contributed by atoms with Gasteiger partial charge in [0, 0.05) is 11.8 Å². The first-order valence-corrected chi connectivity index (χ1v) is 11.6. The summed E-state index contributed by atoms with van der Waals surface area (Å²) in [6, 6.07) is 24.4. The lowest BCUT2D eigenvalue weighted by Gasteiger charge is -2.42. The minimum Gasteiger partial charge on any atom is -0.451 e. The van der Waals surface area contributed by atoms with Crippen LogP contribution in [0.3, 0.4) is 0 Å². The van der Waals surface area contributed by atoms with E-state index in [9.17, 15) is 9.59 Å². The van der Waals surface area contributed by atoms with Crippen molar-refractivity contribution in [1.82, 2.24) is 9.88 Å². The molecular weight excluding hydrogens is 424 g/mol. The van der Waals surface area contributed by atoms with Crippen LogP contribution in [0.2, 0.25) is 0 Å². The lowest BCUT2D eigenvalue weighted by atomic mass is 9.82. The fourth-order valence-corrected chi connectivity index (χ4v) is 5.31. The molecule has 0 aliphatic carbocycles. The van der Waals surface area contributed by atoms with Crippen LogP contribution in [0.15, 0.2) is 90.6 Å². The van der Waals surface area contributed by atoms with E-state index in [1.807, 2.05) is 99.6 Å². The Morgan fingerprint density at radius 3 is 2.12 bits per heavy atom. The van der Waals surface area contributed by atoms with Crippen molar-refractivity contribution in [3.63, 3.8) is 0 Å². The number of amides is 1. The molecule has 3 heterocycles. The highest BCUT2D eigenvalue weighted by Crippen LogP contribution is 2.51. The van der Waals surface area contributed by atoms with Crippen molar-refractivity contribution in [2.45, 2.75) is 45.4 Å². The molecule has 2 aromatic carbocycles. The molecule has 1 amide bonds. The van der Waals surface area contributed by atoms with Gasteiger partial charge in [0.2, 0.25) is 0 Å². The number of carbonyl (C=O) groups is 2. The second kappa shape index (κ2) is 8.56.